The van der Waals surface area contributed by atoms with Crippen molar-refractivity contribution in [2.75, 3.05) is 0 Å². The molecule has 0 atom stereocenters. The SMILES string of the molecule is CCc1cc(O)c(O)c([N+](=O)[O-])c1.CCc1cc(O)c(O)cc1[N+](=O)[O-].CCc1cc([N+](=O)[O-])cc(O)c1O.CCc1ccc([N+](=O)[O-])c(O)c1O.[CH2-]c1cc(O)c(O)c([N+](=O)[O-])c1.[CH2-]c1cc(O)c(O)cc1[N+](=O)[O-].[CH2-]c1cc([N+](=O)[O-])cc(O)c1O.[CH2-]c1ccc([N+](=O)[O-])c(O)c1O.[Y].[Y].[Y].[Y]. The Morgan fingerprint density at radius 3 is 1.04 bits per heavy atom. The summed E-state index contributed by atoms with van der Waals surface area (Å²) in [4.78, 5) is 76.8. The van der Waals surface area contributed by atoms with Crippen molar-refractivity contribution in [3.05, 3.63) is 250 Å². The molecule has 0 fully saturated rings. The van der Waals surface area contributed by atoms with Crippen molar-refractivity contribution in [1.29, 1.82) is 0 Å². The molecule has 548 valence electrons. The van der Waals surface area contributed by atoms with Gasteiger partial charge in [-0.3, -0.25) is 80.9 Å². The minimum Gasteiger partial charge on any atom is -0.561 e. The maximum atomic E-state index is 10.5. The van der Waals surface area contributed by atoms with Crippen LogP contribution in [0.3, 0.4) is 0 Å². The Hall–Kier alpha value is -10.3. The topological polar surface area (TPSA) is 669 Å². The van der Waals surface area contributed by atoms with Crippen molar-refractivity contribution in [1.82, 2.24) is 0 Å². The van der Waals surface area contributed by atoms with Gasteiger partial charge in [-0.1, -0.05) is 39.8 Å². The number of nitrogens with zero attached hydrogens (tertiary/aromatic N) is 8. The molecule has 8 aromatic rings. The summed E-state index contributed by atoms with van der Waals surface area (Å²) in [6.45, 7) is 20.4. The molecule has 0 saturated carbocycles. The molecule has 0 heterocycles. The summed E-state index contributed by atoms with van der Waals surface area (Å²) < 4.78 is 0. The molecule has 0 aliphatic carbocycles. The molecule has 104 heavy (non-hydrogen) atoms. The maximum absolute atomic E-state index is 10.5. The van der Waals surface area contributed by atoms with Gasteiger partial charge in [0.1, 0.15) is 23.0 Å². The Morgan fingerprint density at radius 2 is 0.625 bits per heavy atom. The van der Waals surface area contributed by atoms with Gasteiger partial charge in [0.05, 0.1) is 53.2 Å². The first kappa shape index (κ1) is 100. The Kier molecular flexibility index (Phi) is 44.5. The molecular formula is C60H60N8O32Y4-4. The maximum Gasteiger partial charge on any atom is 0.314 e. The van der Waals surface area contributed by atoms with Gasteiger partial charge in [-0.2, -0.15) is 44.9 Å². The Bertz CT molecular complexity index is 4360. The number of benzene rings is 8. The fourth-order valence-corrected chi connectivity index (χ4v) is 7.25. The minimum atomic E-state index is -0.788. The zero-order chi connectivity index (χ0) is 77.2. The smallest absolute Gasteiger partial charge is 0.314 e. The van der Waals surface area contributed by atoms with E-state index in [0.717, 1.165) is 54.6 Å². The second kappa shape index (κ2) is 46.3. The van der Waals surface area contributed by atoms with Crippen LogP contribution in [0.1, 0.15) is 72.2 Å². The normalized spacial score (nSPS) is 9.42. The van der Waals surface area contributed by atoms with Gasteiger partial charge in [-0.15, -0.1) is 23.3 Å². The minimum absolute atomic E-state index is 0. The summed E-state index contributed by atoms with van der Waals surface area (Å²) in [6, 6.07) is 17.9. The predicted octanol–water partition coefficient (Wildman–Crippen LogP) is 11.0. The van der Waals surface area contributed by atoms with Gasteiger partial charge in [0.25, 0.3) is 22.7 Å². The number of hydrogen-bond acceptors (Lipinski definition) is 32. The quantitative estimate of drug-likeness (QED) is 0.0234. The van der Waals surface area contributed by atoms with Crippen LogP contribution in [0.4, 0.5) is 45.5 Å². The molecule has 8 rings (SSSR count). The van der Waals surface area contributed by atoms with Crippen molar-refractivity contribution in [3.63, 3.8) is 0 Å². The summed E-state index contributed by atoms with van der Waals surface area (Å²) in [5.41, 5.74) is -0.610. The van der Waals surface area contributed by atoms with E-state index in [4.69, 9.17) is 66.4 Å². The van der Waals surface area contributed by atoms with E-state index in [1.807, 2.05) is 0 Å². The number of hydrogen-bond donors (Lipinski definition) is 16. The summed E-state index contributed by atoms with van der Waals surface area (Å²) in [7, 11) is 0. The number of nitro groups is 8. The molecule has 0 amide bonds. The number of aromatic hydroxyl groups is 16. The monoisotopic (exact) mass is 1760 g/mol. The summed E-state index contributed by atoms with van der Waals surface area (Å²) in [6.07, 6.45) is 1.94. The van der Waals surface area contributed by atoms with Crippen LogP contribution in [0.25, 0.3) is 0 Å². The molecule has 0 spiro atoms. The van der Waals surface area contributed by atoms with Crippen LogP contribution < -0.4 is 0 Å². The number of phenols is 16. The molecular weight excluding hydrogens is 1700 g/mol. The van der Waals surface area contributed by atoms with Crippen molar-refractivity contribution in [2.24, 2.45) is 0 Å². The van der Waals surface area contributed by atoms with Crippen LogP contribution in [0, 0.1) is 109 Å². The Labute approximate surface area is 686 Å². The van der Waals surface area contributed by atoms with E-state index in [0.29, 0.717) is 47.9 Å². The van der Waals surface area contributed by atoms with E-state index in [-0.39, 0.29) is 187 Å². The predicted molar refractivity (Wildman–Crippen MR) is 347 cm³/mol. The van der Waals surface area contributed by atoms with Gasteiger partial charge in [0, 0.05) is 182 Å². The third kappa shape index (κ3) is 29.6. The van der Waals surface area contributed by atoms with Gasteiger partial charge in [-0.25, -0.2) is 0 Å². The average Bonchev–Trinajstić information content (AvgIpc) is 0.856. The standard InChI is InChI=1S/4C8H9NO4.4C7H6NO4.4Y/c1-2-5-3-7(10)8(11)4-6(5)9(12)13;1-2-5-3-6(9(12)13)4-7(10)8(5)11;1-2-5-3-6(9(12)13)8(11)7(10)4-5;1-2-5-3-4-6(9(12)13)8(11)7(5)10;1-4-2-6(9)7(10)3-5(4)8(11)12;1-4-2-5(8(11)12)3-6(9)7(4)10;1-4-2-5(8(11)12)7(10)6(9)3-4;1-4-2-3-5(8(11)12)7(10)6(4)9;;;;/h4*3-4,10-11H,2H2,1H3;4*2-3,9-10H,1H2;;;;/q;;;;4*-1;;;;. The summed E-state index contributed by atoms with van der Waals surface area (Å²) in [5.74, 6) is -8.19. The van der Waals surface area contributed by atoms with Crippen LogP contribution in [0.5, 0.6) is 92.0 Å². The zero-order valence-electron chi connectivity index (χ0n) is 54.5. The van der Waals surface area contributed by atoms with Gasteiger partial charge in [0.2, 0.25) is 22.9 Å². The molecule has 0 bridgehead atoms. The van der Waals surface area contributed by atoms with Crippen LogP contribution in [-0.2, 0) is 157 Å². The second-order valence-corrected chi connectivity index (χ2v) is 19.2. The number of phenolic OH excluding ortho intramolecular Hbond substituents is 16. The van der Waals surface area contributed by atoms with Crippen molar-refractivity contribution in [2.45, 2.75) is 53.4 Å². The molecule has 0 aromatic heterocycles. The largest absolute Gasteiger partial charge is 0.561 e. The van der Waals surface area contributed by atoms with E-state index < -0.39 is 143 Å². The van der Waals surface area contributed by atoms with Crippen molar-refractivity contribution >= 4 is 45.5 Å². The van der Waals surface area contributed by atoms with E-state index >= 15 is 0 Å². The average molecular weight is 1760 g/mol. The molecule has 0 saturated heterocycles. The van der Waals surface area contributed by atoms with E-state index in [1.54, 1.807) is 27.7 Å². The molecule has 8 aromatic carbocycles. The summed E-state index contributed by atoms with van der Waals surface area (Å²) >= 11 is 0. The molecule has 44 heteroatoms. The molecule has 40 nitrogen and oxygen atoms in total. The third-order valence-corrected chi connectivity index (χ3v) is 12.5. The summed E-state index contributed by atoms with van der Waals surface area (Å²) in [5, 5.41) is 227. The van der Waals surface area contributed by atoms with Crippen molar-refractivity contribution in [3.8, 4) is 92.0 Å². The first-order valence-electron chi connectivity index (χ1n) is 27.2. The third-order valence-electron chi connectivity index (χ3n) is 12.5. The number of rotatable bonds is 12. The molecule has 0 aliphatic heterocycles. The van der Waals surface area contributed by atoms with Crippen LogP contribution in [0.15, 0.2) is 97.1 Å². The van der Waals surface area contributed by atoms with Gasteiger partial charge >= 0.3 is 11.4 Å². The first-order valence-corrected chi connectivity index (χ1v) is 27.2. The van der Waals surface area contributed by atoms with Gasteiger partial charge in [-0.05, 0) is 61.1 Å². The molecule has 16 N–H and O–H groups in total. The van der Waals surface area contributed by atoms with E-state index in [1.165, 1.54) is 42.5 Å². The number of aryl methyl sites for hydroxylation is 4. The van der Waals surface area contributed by atoms with Crippen molar-refractivity contribution < 1.29 is 252 Å². The van der Waals surface area contributed by atoms with E-state index in [2.05, 4.69) is 27.7 Å². The number of non-ortho nitro benzene ring substituents is 2. The number of nitro benzene ring substituents is 8. The van der Waals surface area contributed by atoms with Gasteiger partial charge < -0.3 is 81.7 Å². The Morgan fingerprint density at radius 1 is 0.260 bits per heavy atom. The fraction of sp³-hybridized carbons (Fsp3) is 0.133. The molecule has 0 unspecified atom stereocenters. The van der Waals surface area contributed by atoms with Crippen LogP contribution >= 0.6 is 0 Å². The molecule has 4 radical (unpaired) electrons. The zero-order valence-corrected chi connectivity index (χ0v) is 65.8. The van der Waals surface area contributed by atoms with E-state index in [9.17, 15) is 96.2 Å². The Balaban J connectivity index is -0.000000547. The van der Waals surface area contributed by atoms with Crippen LogP contribution in [0.2, 0.25) is 0 Å². The second-order valence-electron chi connectivity index (χ2n) is 19.2. The van der Waals surface area contributed by atoms with Gasteiger partial charge in [0.15, 0.2) is 45.9 Å². The first-order chi connectivity index (χ1) is 46.3. The molecule has 0 aliphatic rings. The fourth-order valence-electron chi connectivity index (χ4n) is 7.25. The van der Waals surface area contributed by atoms with Crippen LogP contribution in [-0.4, -0.2) is 121 Å².